The first-order chi connectivity index (χ1) is 8.24. The number of nitrogens with zero attached hydrogens (tertiary/aromatic N) is 1. The third-order valence-corrected chi connectivity index (χ3v) is 3.93. The average Bonchev–Trinajstić information content (AvgIpc) is 2.87. The first kappa shape index (κ1) is 12.1. The Morgan fingerprint density at radius 3 is 2.94 bits per heavy atom. The van der Waals surface area contributed by atoms with Gasteiger partial charge in [-0.15, -0.1) is 11.3 Å². The average molecular weight is 248 g/mol. The van der Waals surface area contributed by atoms with E-state index in [1.54, 1.807) is 18.4 Å². The van der Waals surface area contributed by atoms with Gasteiger partial charge in [0.05, 0.1) is 7.11 Å². The van der Waals surface area contributed by atoms with Crippen molar-refractivity contribution in [1.82, 2.24) is 10.3 Å². The van der Waals surface area contributed by atoms with E-state index in [0.29, 0.717) is 6.04 Å². The minimum absolute atomic E-state index is 0.340. The molecule has 17 heavy (non-hydrogen) atoms. The topological polar surface area (TPSA) is 34.2 Å². The van der Waals surface area contributed by atoms with Crippen molar-refractivity contribution < 1.29 is 4.74 Å². The van der Waals surface area contributed by atoms with Crippen LogP contribution in [0.4, 0.5) is 0 Å². The van der Waals surface area contributed by atoms with Crippen molar-refractivity contribution in [3.8, 4) is 16.3 Å². The molecule has 1 atom stereocenters. The summed E-state index contributed by atoms with van der Waals surface area (Å²) in [5.74, 6) is 0.862. The molecular weight excluding hydrogens is 232 g/mol. The third kappa shape index (κ3) is 2.65. The van der Waals surface area contributed by atoms with Crippen LogP contribution in [0.1, 0.15) is 17.8 Å². The molecule has 1 heterocycles. The summed E-state index contributed by atoms with van der Waals surface area (Å²) in [6.07, 6.45) is 1.93. The Morgan fingerprint density at radius 1 is 1.41 bits per heavy atom. The van der Waals surface area contributed by atoms with Crippen molar-refractivity contribution in [2.45, 2.75) is 13.0 Å². The van der Waals surface area contributed by atoms with Crippen LogP contribution in [-0.4, -0.2) is 19.1 Å². The molecule has 1 unspecified atom stereocenters. The normalized spacial score (nSPS) is 12.4. The summed E-state index contributed by atoms with van der Waals surface area (Å²) in [6, 6.07) is 8.32. The number of benzene rings is 1. The van der Waals surface area contributed by atoms with E-state index in [2.05, 4.69) is 23.3 Å². The lowest BCUT2D eigenvalue weighted by Gasteiger charge is -2.05. The summed E-state index contributed by atoms with van der Waals surface area (Å²) in [5.41, 5.74) is 1.10. The SMILES string of the molecule is CNC(C)c1cnc(-c2cccc(OC)c2)s1. The number of thiazole rings is 1. The largest absolute Gasteiger partial charge is 0.497 e. The molecule has 0 aliphatic rings. The Kier molecular flexibility index (Phi) is 3.76. The third-order valence-electron chi connectivity index (χ3n) is 2.70. The molecule has 0 saturated heterocycles. The Bertz CT molecular complexity index is 496. The summed E-state index contributed by atoms with van der Waals surface area (Å²) in [5, 5.41) is 4.24. The van der Waals surface area contributed by atoms with E-state index in [9.17, 15) is 0 Å². The van der Waals surface area contributed by atoms with E-state index in [1.165, 1.54) is 4.88 Å². The zero-order valence-corrected chi connectivity index (χ0v) is 11.0. The molecule has 2 aromatic rings. The van der Waals surface area contributed by atoms with Crippen LogP contribution in [0, 0.1) is 0 Å². The minimum atomic E-state index is 0.340. The first-order valence-corrected chi connectivity index (χ1v) is 6.33. The lowest BCUT2D eigenvalue weighted by atomic mass is 10.2. The van der Waals surface area contributed by atoms with Gasteiger partial charge in [0.25, 0.3) is 0 Å². The minimum Gasteiger partial charge on any atom is -0.497 e. The molecule has 90 valence electrons. The second-order valence-corrected chi connectivity index (χ2v) is 4.87. The highest BCUT2D eigenvalue weighted by molar-refractivity contribution is 7.15. The molecule has 0 saturated carbocycles. The molecule has 1 N–H and O–H groups in total. The number of aromatic nitrogens is 1. The fraction of sp³-hybridized carbons (Fsp3) is 0.308. The zero-order valence-electron chi connectivity index (χ0n) is 10.2. The van der Waals surface area contributed by atoms with Crippen molar-refractivity contribution in [3.05, 3.63) is 35.3 Å². The predicted octanol–water partition coefficient (Wildman–Crippen LogP) is 3.10. The van der Waals surface area contributed by atoms with E-state index >= 15 is 0 Å². The van der Waals surface area contributed by atoms with Gasteiger partial charge in [0.2, 0.25) is 0 Å². The molecule has 1 aromatic carbocycles. The van der Waals surface area contributed by atoms with Crippen molar-refractivity contribution in [3.63, 3.8) is 0 Å². The predicted molar refractivity (Wildman–Crippen MR) is 71.6 cm³/mol. The number of rotatable bonds is 4. The van der Waals surface area contributed by atoms with Crippen LogP contribution in [0.2, 0.25) is 0 Å². The van der Waals surface area contributed by atoms with Crippen LogP contribution in [0.3, 0.4) is 0 Å². The van der Waals surface area contributed by atoms with Gasteiger partial charge in [-0.25, -0.2) is 4.98 Å². The van der Waals surface area contributed by atoms with E-state index in [-0.39, 0.29) is 0 Å². The van der Waals surface area contributed by atoms with Crippen molar-refractivity contribution in [2.75, 3.05) is 14.2 Å². The molecule has 0 aliphatic carbocycles. The first-order valence-electron chi connectivity index (χ1n) is 5.52. The van der Waals surface area contributed by atoms with Crippen molar-refractivity contribution in [2.24, 2.45) is 0 Å². The van der Waals surface area contributed by atoms with Crippen LogP contribution in [0.5, 0.6) is 5.75 Å². The van der Waals surface area contributed by atoms with Gasteiger partial charge in [-0.1, -0.05) is 12.1 Å². The maximum absolute atomic E-state index is 5.22. The molecule has 0 amide bonds. The van der Waals surface area contributed by atoms with Gasteiger partial charge < -0.3 is 10.1 Å². The second kappa shape index (κ2) is 5.29. The Labute approximate surface area is 105 Å². The highest BCUT2D eigenvalue weighted by Gasteiger charge is 2.09. The number of methoxy groups -OCH3 is 1. The maximum Gasteiger partial charge on any atom is 0.123 e. The van der Waals surface area contributed by atoms with Gasteiger partial charge in [0.1, 0.15) is 10.8 Å². The standard InChI is InChI=1S/C13H16N2OS/c1-9(14-2)12-8-15-13(17-12)10-5-4-6-11(7-10)16-3/h4-9,14H,1-3H3. The summed E-state index contributed by atoms with van der Waals surface area (Å²) in [6.45, 7) is 2.13. The van der Waals surface area contributed by atoms with Crippen LogP contribution < -0.4 is 10.1 Å². The molecule has 0 spiro atoms. The van der Waals surface area contributed by atoms with Gasteiger partial charge in [-0.05, 0) is 26.1 Å². The molecule has 4 heteroatoms. The summed E-state index contributed by atoms with van der Waals surface area (Å²) in [7, 11) is 3.63. The van der Waals surface area contributed by atoms with E-state index in [0.717, 1.165) is 16.3 Å². The molecular formula is C13H16N2OS. The summed E-state index contributed by atoms with van der Waals surface area (Å²) < 4.78 is 5.22. The van der Waals surface area contributed by atoms with Crippen molar-refractivity contribution >= 4 is 11.3 Å². The van der Waals surface area contributed by atoms with Crippen LogP contribution in [-0.2, 0) is 0 Å². The van der Waals surface area contributed by atoms with Gasteiger partial charge in [0.15, 0.2) is 0 Å². The molecule has 3 nitrogen and oxygen atoms in total. The van der Waals surface area contributed by atoms with Crippen LogP contribution >= 0.6 is 11.3 Å². The maximum atomic E-state index is 5.22. The van der Waals surface area contributed by atoms with Gasteiger partial charge >= 0.3 is 0 Å². The molecule has 0 bridgehead atoms. The lowest BCUT2D eigenvalue weighted by molar-refractivity contribution is 0.415. The number of hydrogen-bond acceptors (Lipinski definition) is 4. The highest BCUT2D eigenvalue weighted by atomic mass is 32.1. The van der Waals surface area contributed by atoms with Gasteiger partial charge in [0, 0.05) is 22.7 Å². The number of hydrogen-bond donors (Lipinski definition) is 1. The highest BCUT2D eigenvalue weighted by Crippen LogP contribution is 2.30. The number of nitrogens with one attached hydrogen (secondary N) is 1. The van der Waals surface area contributed by atoms with E-state index in [1.807, 2.05) is 31.4 Å². The summed E-state index contributed by atoms with van der Waals surface area (Å²) >= 11 is 1.71. The van der Waals surface area contributed by atoms with E-state index in [4.69, 9.17) is 4.74 Å². The van der Waals surface area contributed by atoms with E-state index < -0.39 is 0 Å². The van der Waals surface area contributed by atoms with Crippen LogP contribution in [0.15, 0.2) is 30.5 Å². The molecule has 0 radical (unpaired) electrons. The van der Waals surface area contributed by atoms with Crippen molar-refractivity contribution in [1.29, 1.82) is 0 Å². The molecule has 0 fully saturated rings. The molecule has 2 rings (SSSR count). The Balaban J connectivity index is 2.30. The molecule has 1 aromatic heterocycles. The Hall–Kier alpha value is -1.39. The monoisotopic (exact) mass is 248 g/mol. The zero-order chi connectivity index (χ0) is 12.3. The fourth-order valence-corrected chi connectivity index (χ4v) is 2.49. The Morgan fingerprint density at radius 2 is 2.24 bits per heavy atom. The van der Waals surface area contributed by atoms with Gasteiger partial charge in [-0.2, -0.15) is 0 Å². The smallest absolute Gasteiger partial charge is 0.123 e. The fourth-order valence-electron chi connectivity index (χ4n) is 1.52. The summed E-state index contributed by atoms with van der Waals surface area (Å²) in [4.78, 5) is 5.69. The molecule has 0 aliphatic heterocycles. The quantitative estimate of drug-likeness (QED) is 0.902. The number of ether oxygens (including phenoxy) is 1. The lowest BCUT2D eigenvalue weighted by Crippen LogP contribution is -2.10. The van der Waals surface area contributed by atoms with Crippen LogP contribution in [0.25, 0.3) is 10.6 Å². The van der Waals surface area contributed by atoms with Gasteiger partial charge in [-0.3, -0.25) is 0 Å². The second-order valence-electron chi connectivity index (χ2n) is 3.81.